The molecule has 104 valence electrons. The number of nitrogens with one attached hydrogen (secondary N) is 1. The van der Waals surface area contributed by atoms with Crippen molar-refractivity contribution in [1.29, 1.82) is 0 Å². The average Bonchev–Trinajstić information content (AvgIpc) is 2.46. The Kier molecular flexibility index (Phi) is 4.27. The van der Waals surface area contributed by atoms with Gasteiger partial charge in [0.25, 0.3) is 0 Å². The molecule has 1 fully saturated rings. The van der Waals surface area contributed by atoms with Crippen molar-refractivity contribution in [2.75, 3.05) is 14.2 Å². The second-order valence-corrected chi connectivity index (χ2v) is 4.62. The molecule has 0 radical (unpaired) electrons. The third kappa shape index (κ3) is 2.81. The van der Waals surface area contributed by atoms with E-state index in [2.05, 4.69) is 5.32 Å². The van der Waals surface area contributed by atoms with Gasteiger partial charge in [0.15, 0.2) is 0 Å². The van der Waals surface area contributed by atoms with Crippen molar-refractivity contribution in [1.82, 2.24) is 5.32 Å². The van der Waals surface area contributed by atoms with Crippen LogP contribution in [0.4, 0.5) is 0 Å². The van der Waals surface area contributed by atoms with E-state index in [-0.39, 0.29) is 6.04 Å². The second-order valence-electron chi connectivity index (χ2n) is 4.62. The number of rotatable bonds is 4. The minimum atomic E-state index is -0.807. The van der Waals surface area contributed by atoms with E-state index in [1.54, 1.807) is 14.2 Å². The lowest BCUT2D eigenvalue weighted by Gasteiger charge is -2.30. The maximum absolute atomic E-state index is 11.1. The Morgan fingerprint density at radius 3 is 2.42 bits per heavy atom. The van der Waals surface area contributed by atoms with Crippen molar-refractivity contribution in [2.24, 2.45) is 0 Å². The Bertz CT molecular complexity index is 439. The number of methoxy groups -OCH3 is 2. The maximum Gasteiger partial charge on any atom is 0.320 e. The molecule has 0 saturated carbocycles. The number of hydrogen-bond acceptors (Lipinski definition) is 4. The quantitative estimate of drug-likeness (QED) is 0.871. The zero-order chi connectivity index (χ0) is 13.8. The first-order valence-corrected chi connectivity index (χ1v) is 6.37. The second kappa shape index (κ2) is 5.93. The topological polar surface area (TPSA) is 67.8 Å². The normalized spacial score (nSPS) is 22.8. The molecule has 1 saturated heterocycles. The van der Waals surface area contributed by atoms with Gasteiger partial charge in [-0.25, -0.2) is 0 Å². The molecular weight excluding hydrogens is 246 g/mol. The maximum atomic E-state index is 11.1. The Morgan fingerprint density at radius 1 is 1.26 bits per heavy atom. The molecular formula is C14H19NO4. The fourth-order valence-corrected chi connectivity index (χ4v) is 2.58. The molecule has 2 atom stereocenters. The van der Waals surface area contributed by atoms with Gasteiger partial charge in [-0.3, -0.25) is 10.1 Å². The van der Waals surface area contributed by atoms with Crippen LogP contribution < -0.4 is 14.8 Å². The molecule has 2 rings (SSSR count). The first-order chi connectivity index (χ1) is 9.17. The van der Waals surface area contributed by atoms with Crippen LogP contribution >= 0.6 is 0 Å². The lowest BCUT2D eigenvalue weighted by Crippen LogP contribution is -2.42. The van der Waals surface area contributed by atoms with Crippen molar-refractivity contribution < 1.29 is 19.4 Å². The van der Waals surface area contributed by atoms with Gasteiger partial charge in [0, 0.05) is 6.04 Å². The van der Waals surface area contributed by atoms with Crippen LogP contribution in [-0.2, 0) is 4.79 Å². The summed E-state index contributed by atoms with van der Waals surface area (Å²) in [5.74, 6) is 0.643. The molecule has 5 nitrogen and oxygen atoms in total. The van der Waals surface area contributed by atoms with E-state index in [1.807, 2.05) is 18.2 Å². The van der Waals surface area contributed by atoms with Crippen molar-refractivity contribution in [3.05, 3.63) is 23.8 Å². The standard InChI is InChI=1S/C14H19NO4/c1-18-11-7-4-8-12(19-2)13(11)9-5-3-6-10(15-9)14(16)17/h4,7-10,15H,3,5-6H2,1-2H3,(H,16,17). The Labute approximate surface area is 112 Å². The van der Waals surface area contributed by atoms with Gasteiger partial charge in [-0.2, -0.15) is 0 Å². The van der Waals surface area contributed by atoms with Crippen molar-refractivity contribution >= 4 is 5.97 Å². The molecule has 1 aromatic rings. The van der Waals surface area contributed by atoms with Crippen LogP contribution in [0.15, 0.2) is 18.2 Å². The van der Waals surface area contributed by atoms with Crippen LogP contribution in [-0.4, -0.2) is 31.3 Å². The summed E-state index contributed by atoms with van der Waals surface area (Å²) >= 11 is 0. The predicted molar refractivity (Wildman–Crippen MR) is 70.7 cm³/mol. The molecule has 1 aliphatic rings. The van der Waals surface area contributed by atoms with Crippen LogP contribution in [0, 0.1) is 0 Å². The van der Waals surface area contributed by atoms with Gasteiger partial charge < -0.3 is 14.6 Å². The Morgan fingerprint density at radius 2 is 1.89 bits per heavy atom. The molecule has 1 aliphatic heterocycles. The van der Waals surface area contributed by atoms with Gasteiger partial charge in [-0.1, -0.05) is 6.07 Å². The third-order valence-electron chi connectivity index (χ3n) is 3.50. The van der Waals surface area contributed by atoms with Crippen LogP contribution in [0.3, 0.4) is 0 Å². The van der Waals surface area contributed by atoms with E-state index in [0.717, 1.165) is 29.9 Å². The van der Waals surface area contributed by atoms with Crippen molar-refractivity contribution in [3.63, 3.8) is 0 Å². The summed E-state index contributed by atoms with van der Waals surface area (Å²) in [5.41, 5.74) is 0.901. The highest BCUT2D eigenvalue weighted by Gasteiger charge is 2.30. The molecule has 19 heavy (non-hydrogen) atoms. The van der Waals surface area contributed by atoms with Gasteiger partial charge in [0.1, 0.15) is 17.5 Å². The van der Waals surface area contributed by atoms with Crippen LogP contribution in [0.5, 0.6) is 11.5 Å². The Balaban J connectivity index is 2.32. The SMILES string of the molecule is COc1cccc(OC)c1C1CCCC(C(=O)O)N1. The molecule has 1 aromatic carbocycles. The van der Waals surface area contributed by atoms with Gasteiger partial charge in [0.05, 0.1) is 19.8 Å². The molecule has 0 amide bonds. The van der Waals surface area contributed by atoms with E-state index in [0.29, 0.717) is 6.42 Å². The number of carboxylic acids is 1. The molecule has 1 heterocycles. The van der Waals surface area contributed by atoms with E-state index in [9.17, 15) is 4.79 Å². The fraction of sp³-hybridized carbons (Fsp3) is 0.500. The fourth-order valence-electron chi connectivity index (χ4n) is 2.58. The smallest absolute Gasteiger partial charge is 0.320 e. The molecule has 0 spiro atoms. The van der Waals surface area contributed by atoms with Crippen LogP contribution in [0.25, 0.3) is 0 Å². The first kappa shape index (κ1) is 13.7. The van der Waals surface area contributed by atoms with Gasteiger partial charge in [-0.05, 0) is 31.4 Å². The predicted octanol–water partition coefficient (Wildman–Crippen LogP) is 1.97. The molecule has 0 aliphatic carbocycles. The van der Waals surface area contributed by atoms with E-state index < -0.39 is 12.0 Å². The average molecular weight is 265 g/mol. The number of aliphatic carboxylic acids is 1. The first-order valence-electron chi connectivity index (χ1n) is 6.37. The third-order valence-corrected chi connectivity index (χ3v) is 3.50. The van der Waals surface area contributed by atoms with Gasteiger partial charge >= 0.3 is 5.97 Å². The monoisotopic (exact) mass is 265 g/mol. The number of carbonyl (C=O) groups is 1. The Hall–Kier alpha value is -1.75. The van der Waals surface area contributed by atoms with E-state index >= 15 is 0 Å². The molecule has 2 N–H and O–H groups in total. The molecule has 5 heteroatoms. The minimum Gasteiger partial charge on any atom is -0.496 e. The van der Waals surface area contributed by atoms with Crippen LogP contribution in [0.2, 0.25) is 0 Å². The van der Waals surface area contributed by atoms with Gasteiger partial charge in [-0.15, -0.1) is 0 Å². The van der Waals surface area contributed by atoms with Crippen molar-refractivity contribution in [3.8, 4) is 11.5 Å². The lowest BCUT2D eigenvalue weighted by atomic mass is 9.92. The molecule has 2 unspecified atom stereocenters. The summed E-state index contributed by atoms with van der Waals surface area (Å²) in [6.07, 6.45) is 2.40. The number of hydrogen-bond donors (Lipinski definition) is 2. The summed E-state index contributed by atoms with van der Waals surface area (Å²) in [7, 11) is 3.21. The van der Waals surface area contributed by atoms with E-state index in [4.69, 9.17) is 14.6 Å². The zero-order valence-electron chi connectivity index (χ0n) is 11.2. The summed E-state index contributed by atoms with van der Waals surface area (Å²) in [6, 6.07) is 5.03. The summed E-state index contributed by atoms with van der Waals surface area (Å²) in [5, 5.41) is 12.3. The largest absolute Gasteiger partial charge is 0.496 e. The highest BCUT2D eigenvalue weighted by atomic mass is 16.5. The van der Waals surface area contributed by atoms with Crippen LogP contribution in [0.1, 0.15) is 30.9 Å². The number of ether oxygens (including phenoxy) is 2. The number of benzene rings is 1. The summed E-state index contributed by atoms with van der Waals surface area (Å²) in [4.78, 5) is 11.1. The lowest BCUT2D eigenvalue weighted by molar-refractivity contribution is -0.140. The van der Waals surface area contributed by atoms with Crippen molar-refractivity contribution in [2.45, 2.75) is 31.3 Å². The number of carboxylic acid groups (broad SMARTS) is 1. The summed E-state index contributed by atoms with van der Waals surface area (Å²) < 4.78 is 10.7. The summed E-state index contributed by atoms with van der Waals surface area (Å²) in [6.45, 7) is 0. The molecule has 0 aromatic heterocycles. The van der Waals surface area contributed by atoms with Gasteiger partial charge in [0.2, 0.25) is 0 Å². The number of piperidine rings is 1. The zero-order valence-corrected chi connectivity index (χ0v) is 11.2. The highest BCUT2D eigenvalue weighted by Crippen LogP contribution is 2.38. The van der Waals surface area contributed by atoms with E-state index in [1.165, 1.54) is 0 Å². The molecule has 0 bridgehead atoms. The highest BCUT2D eigenvalue weighted by molar-refractivity contribution is 5.73. The minimum absolute atomic E-state index is 0.0547.